The van der Waals surface area contributed by atoms with E-state index >= 15 is 0 Å². The molecule has 0 saturated heterocycles. The van der Waals surface area contributed by atoms with Crippen molar-refractivity contribution in [1.82, 2.24) is 26.7 Å². The van der Waals surface area contributed by atoms with Crippen molar-refractivity contribution >= 4 is 23.4 Å². The molecule has 0 aromatic heterocycles. The predicted octanol–water partition coefficient (Wildman–Crippen LogP) is 5.09. The summed E-state index contributed by atoms with van der Waals surface area (Å²) in [6, 6.07) is 15.2. The molecule has 0 radical (unpaired) electrons. The Morgan fingerprint density at radius 2 is 1.77 bits per heavy atom. The first-order valence-corrected chi connectivity index (χ1v) is 15.9. The highest BCUT2D eigenvalue weighted by Gasteiger charge is 2.52. The largest absolute Gasteiger partial charge is 0.494 e. The third-order valence-electron chi connectivity index (χ3n) is 8.72. The van der Waals surface area contributed by atoms with E-state index in [2.05, 4.69) is 73.4 Å². The fourth-order valence-corrected chi connectivity index (χ4v) is 6.75. The van der Waals surface area contributed by atoms with E-state index in [1.54, 1.807) is 0 Å². The Hall–Kier alpha value is -3.92. The number of hydrazone groups is 1. The number of nitrogens with zero attached hydrogens (tertiary/aromatic N) is 3. The van der Waals surface area contributed by atoms with Gasteiger partial charge in [-0.05, 0) is 91.3 Å². The third kappa shape index (κ3) is 7.07. The number of hydrogen-bond donors (Lipinski definition) is 4. The SMILES string of the molecule is CC[C@H](c1ccc(C(=O)NCC2=NNNN2)cc1)N1C(=O)C(c2ccc(OCCC(C)(C)C)cc2)=NC12CC(C)CC(C)C2. The summed E-state index contributed by atoms with van der Waals surface area (Å²) in [5, 5.41) is 6.84. The number of nitrogens with one attached hydrogen (secondary N) is 4. The highest BCUT2D eigenvalue weighted by atomic mass is 16.5. The number of amides is 2. The van der Waals surface area contributed by atoms with Crippen LogP contribution >= 0.6 is 0 Å². The Labute approximate surface area is 261 Å². The molecule has 4 N–H and O–H groups in total. The van der Waals surface area contributed by atoms with Gasteiger partial charge in [-0.1, -0.05) is 53.7 Å². The summed E-state index contributed by atoms with van der Waals surface area (Å²) in [5.74, 6) is 2.06. The molecule has 10 nitrogen and oxygen atoms in total. The molecule has 2 aromatic carbocycles. The lowest BCUT2D eigenvalue weighted by atomic mass is 9.75. The minimum atomic E-state index is -0.598. The van der Waals surface area contributed by atoms with E-state index < -0.39 is 5.66 Å². The normalized spacial score (nSPS) is 24.0. The highest BCUT2D eigenvalue weighted by molar-refractivity contribution is 6.46. The van der Waals surface area contributed by atoms with Gasteiger partial charge in [0.2, 0.25) is 0 Å². The Balaban J connectivity index is 1.38. The minimum Gasteiger partial charge on any atom is -0.494 e. The molecule has 2 aromatic rings. The van der Waals surface area contributed by atoms with E-state index in [0.717, 1.165) is 49.0 Å². The van der Waals surface area contributed by atoms with Crippen LogP contribution in [0.25, 0.3) is 0 Å². The monoisotopic (exact) mass is 601 g/mol. The lowest BCUT2D eigenvalue weighted by Gasteiger charge is -2.47. The highest BCUT2D eigenvalue weighted by Crippen LogP contribution is 2.48. The van der Waals surface area contributed by atoms with Crippen molar-refractivity contribution in [2.75, 3.05) is 13.2 Å². The Kier molecular flexibility index (Phi) is 9.29. The summed E-state index contributed by atoms with van der Waals surface area (Å²) in [5.41, 5.74) is 10.5. The number of hydrogen-bond acceptors (Lipinski definition) is 8. The van der Waals surface area contributed by atoms with Gasteiger partial charge < -0.3 is 15.0 Å². The second-order valence-electron chi connectivity index (χ2n) is 13.8. The average Bonchev–Trinajstić information content (AvgIpc) is 3.59. The molecule has 2 unspecified atom stereocenters. The number of carbonyl (C=O) groups is 2. The molecule has 236 valence electrons. The van der Waals surface area contributed by atoms with Gasteiger partial charge in [0.25, 0.3) is 11.8 Å². The molecule has 1 fully saturated rings. The van der Waals surface area contributed by atoms with Crippen LogP contribution in [0.4, 0.5) is 0 Å². The molecular formula is C34H47N7O3. The van der Waals surface area contributed by atoms with Crippen molar-refractivity contribution < 1.29 is 14.3 Å². The van der Waals surface area contributed by atoms with Crippen LogP contribution in [0.3, 0.4) is 0 Å². The molecule has 0 bridgehead atoms. The second-order valence-corrected chi connectivity index (χ2v) is 13.8. The average molecular weight is 602 g/mol. The van der Waals surface area contributed by atoms with Crippen molar-refractivity contribution in [1.29, 1.82) is 0 Å². The van der Waals surface area contributed by atoms with Crippen LogP contribution in [0, 0.1) is 17.3 Å². The van der Waals surface area contributed by atoms with Gasteiger partial charge in [-0.3, -0.25) is 20.0 Å². The molecular weight excluding hydrogens is 554 g/mol. The van der Waals surface area contributed by atoms with Gasteiger partial charge in [0, 0.05) is 11.1 Å². The van der Waals surface area contributed by atoms with Crippen molar-refractivity contribution in [3.8, 4) is 5.75 Å². The predicted molar refractivity (Wildman–Crippen MR) is 173 cm³/mol. The lowest BCUT2D eigenvalue weighted by molar-refractivity contribution is -0.134. The van der Waals surface area contributed by atoms with Crippen LogP contribution in [-0.4, -0.2) is 47.1 Å². The fraction of sp³-hybridized carbons (Fsp3) is 0.529. The van der Waals surface area contributed by atoms with E-state index in [9.17, 15) is 9.59 Å². The van der Waals surface area contributed by atoms with Gasteiger partial charge in [-0.25, -0.2) is 5.53 Å². The lowest BCUT2D eigenvalue weighted by Crippen LogP contribution is -2.52. The van der Waals surface area contributed by atoms with E-state index in [4.69, 9.17) is 9.73 Å². The summed E-state index contributed by atoms with van der Waals surface area (Å²) in [4.78, 5) is 34.5. The third-order valence-corrected chi connectivity index (χ3v) is 8.72. The Morgan fingerprint density at radius 1 is 1.09 bits per heavy atom. The molecule has 3 aliphatic rings. The molecule has 2 aliphatic heterocycles. The molecule has 44 heavy (non-hydrogen) atoms. The van der Waals surface area contributed by atoms with E-state index in [1.807, 2.05) is 48.5 Å². The van der Waals surface area contributed by atoms with Gasteiger partial charge >= 0.3 is 0 Å². The maximum atomic E-state index is 14.4. The van der Waals surface area contributed by atoms with E-state index in [-0.39, 0.29) is 29.8 Å². The zero-order valence-corrected chi connectivity index (χ0v) is 26.9. The first-order valence-electron chi connectivity index (χ1n) is 15.9. The van der Waals surface area contributed by atoms with Crippen LogP contribution < -0.4 is 26.5 Å². The Bertz CT molecular complexity index is 1390. The quantitative estimate of drug-likeness (QED) is 0.301. The van der Waals surface area contributed by atoms with Gasteiger partial charge in [0.15, 0.2) is 5.84 Å². The van der Waals surface area contributed by atoms with Crippen molar-refractivity contribution in [3.05, 3.63) is 65.2 Å². The van der Waals surface area contributed by atoms with Gasteiger partial charge in [0.05, 0.1) is 19.2 Å². The number of rotatable bonds is 10. The first-order chi connectivity index (χ1) is 21.0. The van der Waals surface area contributed by atoms with Gasteiger partial charge in [0.1, 0.15) is 17.1 Å². The molecule has 1 spiro atoms. The van der Waals surface area contributed by atoms with Crippen LogP contribution in [0.15, 0.2) is 58.6 Å². The van der Waals surface area contributed by atoms with Crippen molar-refractivity contribution in [2.24, 2.45) is 27.3 Å². The van der Waals surface area contributed by atoms with E-state index in [1.165, 1.54) is 0 Å². The summed E-state index contributed by atoms with van der Waals surface area (Å²) < 4.78 is 5.99. The van der Waals surface area contributed by atoms with Crippen LogP contribution in [-0.2, 0) is 4.79 Å². The van der Waals surface area contributed by atoms with Crippen LogP contribution in [0.5, 0.6) is 5.75 Å². The van der Waals surface area contributed by atoms with Crippen LogP contribution in [0.1, 0.15) is 101 Å². The maximum Gasteiger partial charge on any atom is 0.275 e. The Morgan fingerprint density at radius 3 is 2.36 bits per heavy atom. The number of benzene rings is 2. The van der Waals surface area contributed by atoms with Gasteiger partial charge in [-0.15, -0.1) is 10.6 Å². The molecule has 10 heteroatoms. The molecule has 2 heterocycles. The standard InChI is InChI=1S/C34H47N7O3/c1-7-28(24-8-10-26(11-9-24)31(42)35-21-29-37-39-40-38-29)41-32(43)30(36-34(41)19-22(2)18-23(3)20-34)25-12-14-27(15-13-25)44-17-16-33(4,5)6/h8-15,22-23,28,39-40H,7,16-21H2,1-6H3,(H,35,42)(H,37,38)/t22?,23?,28-,34?/m1/s1. The summed E-state index contributed by atoms with van der Waals surface area (Å²) >= 11 is 0. The first kappa shape index (κ1) is 31.5. The summed E-state index contributed by atoms with van der Waals surface area (Å²) in [7, 11) is 0. The van der Waals surface area contributed by atoms with Crippen molar-refractivity contribution in [3.63, 3.8) is 0 Å². The fourth-order valence-electron chi connectivity index (χ4n) is 6.75. The molecule has 1 saturated carbocycles. The number of carbonyl (C=O) groups excluding carboxylic acids is 2. The molecule has 1 aliphatic carbocycles. The minimum absolute atomic E-state index is 0.0339. The molecule has 5 rings (SSSR count). The summed E-state index contributed by atoms with van der Waals surface area (Å²) in [6.45, 7) is 14.2. The molecule has 2 amide bonds. The zero-order valence-electron chi connectivity index (χ0n) is 26.9. The maximum absolute atomic E-state index is 14.4. The number of amidine groups is 1. The van der Waals surface area contributed by atoms with Crippen LogP contribution in [0.2, 0.25) is 0 Å². The topological polar surface area (TPSA) is 119 Å². The number of ether oxygens (including phenoxy) is 1. The van der Waals surface area contributed by atoms with Gasteiger partial charge in [-0.2, -0.15) is 0 Å². The second kappa shape index (κ2) is 13.0. The molecule has 3 atom stereocenters. The summed E-state index contributed by atoms with van der Waals surface area (Å²) in [6.07, 6.45) is 4.49. The number of aliphatic imine (C=N–C) groups is 1. The number of hydrazine groups is 2. The van der Waals surface area contributed by atoms with E-state index in [0.29, 0.717) is 35.6 Å². The van der Waals surface area contributed by atoms with Crippen molar-refractivity contribution in [2.45, 2.75) is 85.4 Å². The zero-order chi connectivity index (χ0) is 31.5. The smallest absolute Gasteiger partial charge is 0.275 e.